The van der Waals surface area contributed by atoms with Crippen molar-refractivity contribution in [2.75, 3.05) is 6.61 Å². The zero-order valence-electron chi connectivity index (χ0n) is 7.62. The molecule has 0 N–H and O–H groups in total. The van der Waals surface area contributed by atoms with Crippen molar-refractivity contribution in [1.29, 1.82) is 0 Å². The lowest BCUT2D eigenvalue weighted by atomic mass is 10.1. The molecule has 1 fully saturated rings. The molecule has 0 radical (unpaired) electrons. The van der Waals surface area contributed by atoms with Crippen molar-refractivity contribution < 1.29 is 13.5 Å². The van der Waals surface area contributed by atoms with E-state index in [4.69, 9.17) is 4.74 Å². The van der Waals surface area contributed by atoms with E-state index in [0.29, 0.717) is 12.3 Å². The van der Waals surface area contributed by atoms with Gasteiger partial charge in [-0.2, -0.15) is 0 Å². The van der Waals surface area contributed by atoms with Gasteiger partial charge in [-0.3, -0.25) is 0 Å². The molecule has 0 amide bonds. The number of pyridine rings is 1. The first-order valence-electron chi connectivity index (χ1n) is 4.64. The Balaban J connectivity index is 2.21. The predicted molar refractivity (Wildman–Crippen MR) is 47.1 cm³/mol. The van der Waals surface area contributed by atoms with Crippen LogP contribution in [0.2, 0.25) is 0 Å². The van der Waals surface area contributed by atoms with E-state index in [1.807, 2.05) is 0 Å². The summed E-state index contributed by atoms with van der Waals surface area (Å²) in [6.07, 6.45) is -0.740. The standard InChI is InChI=1S/C10H11F2NO/c11-10(12)8-4-1-3-7(13-8)9-5-2-6-14-9/h1,3-4,9-10H,2,5-6H2. The van der Waals surface area contributed by atoms with Gasteiger partial charge in [-0.05, 0) is 25.0 Å². The molecule has 1 atom stereocenters. The van der Waals surface area contributed by atoms with Crippen LogP contribution in [-0.4, -0.2) is 11.6 Å². The van der Waals surface area contributed by atoms with Crippen LogP contribution in [0.5, 0.6) is 0 Å². The number of aromatic nitrogens is 1. The highest BCUT2D eigenvalue weighted by atomic mass is 19.3. The van der Waals surface area contributed by atoms with Gasteiger partial charge in [-0.25, -0.2) is 13.8 Å². The molecule has 1 aromatic heterocycles. The van der Waals surface area contributed by atoms with E-state index in [2.05, 4.69) is 4.98 Å². The van der Waals surface area contributed by atoms with E-state index in [1.54, 1.807) is 12.1 Å². The Bertz CT molecular complexity index is 311. The quantitative estimate of drug-likeness (QED) is 0.730. The largest absolute Gasteiger partial charge is 0.372 e. The molecule has 0 bridgehead atoms. The SMILES string of the molecule is FC(F)c1cccc(C2CCCO2)n1. The van der Waals surface area contributed by atoms with Crippen LogP contribution in [0.3, 0.4) is 0 Å². The molecule has 1 saturated heterocycles. The molecule has 1 aliphatic rings. The van der Waals surface area contributed by atoms with Crippen LogP contribution in [0.25, 0.3) is 0 Å². The van der Waals surface area contributed by atoms with Crippen molar-refractivity contribution in [2.24, 2.45) is 0 Å². The summed E-state index contributed by atoms with van der Waals surface area (Å²) in [5.74, 6) is 0. The van der Waals surface area contributed by atoms with Crippen molar-refractivity contribution in [3.63, 3.8) is 0 Å². The van der Waals surface area contributed by atoms with E-state index in [0.717, 1.165) is 12.8 Å². The number of ether oxygens (including phenoxy) is 1. The summed E-state index contributed by atoms with van der Waals surface area (Å²) in [6, 6.07) is 4.68. The predicted octanol–water partition coefficient (Wildman–Crippen LogP) is 2.87. The van der Waals surface area contributed by atoms with Crippen molar-refractivity contribution in [2.45, 2.75) is 25.4 Å². The summed E-state index contributed by atoms with van der Waals surface area (Å²) in [6.45, 7) is 0.700. The van der Waals surface area contributed by atoms with Gasteiger partial charge in [-0.1, -0.05) is 6.07 Å². The van der Waals surface area contributed by atoms with Gasteiger partial charge in [0, 0.05) is 6.61 Å². The van der Waals surface area contributed by atoms with Crippen LogP contribution in [-0.2, 0) is 4.74 Å². The molecule has 1 aromatic rings. The number of hydrogen-bond donors (Lipinski definition) is 0. The number of nitrogens with zero attached hydrogens (tertiary/aromatic N) is 1. The molecule has 2 heterocycles. The summed E-state index contributed by atoms with van der Waals surface area (Å²) in [4.78, 5) is 3.88. The molecular formula is C10H11F2NO. The maximum Gasteiger partial charge on any atom is 0.280 e. The fourth-order valence-electron chi connectivity index (χ4n) is 1.58. The van der Waals surface area contributed by atoms with E-state index in [1.165, 1.54) is 6.07 Å². The van der Waals surface area contributed by atoms with E-state index in [9.17, 15) is 8.78 Å². The first kappa shape index (κ1) is 9.52. The maximum atomic E-state index is 12.3. The minimum Gasteiger partial charge on any atom is -0.372 e. The minimum atomic E-state index is -2.50. The second-order valence-corrected chi connectivity index (χ2v) is 3.29. The van der Waals surface area contributed by atoms with E-state index in [-0.39, 0.29) is 11.8 Å². The third-order valence-electron chi connectivity index (χ3n) is 2.28. The minimum absolute atomic E-state index is 0.0892. The van der Waals surface area contributed by atoms with Crippen LogP contribution < -0.4 is 0 Å². The normalized spacial score (nSPS) is 21.8. The van der Waals surface area contributed by atoms with Gasteiger partial charge in [0.1, 0.15) is 5.69 Å². The highest BCUT2D eigenvalue weighted by Crippen LogP contribution is 2.28. The van der Waals surface area contributed by atoms with Crippen molar-refractivity contribution in [1.82, 2.24) is 4.98 Å². The van der Waals surface area contributed by atoms with Crippen LogP contribution in [0.4, 0.5) is 8.78 Å². The molecule has 14 heavy (non-hydrogen) atoms. The summed E-state index contributed by atoms with van der Waals surface area (Å²) in [5, 5.41) is 0. The summed E-state index contributed by atoms with van der Waals surface area (Å²) < 4.78 is 30.0. The molecule has 2 rings (SSSR count). The molecule has 2 nitrogen and oxygen atoms in total. The Morgan fingerprint density at radius 2 is 2.29 bits per heavy atom. The lowest BCUT2D eigenvalue weighted by molar-refractivity contribution is 0.106. The first-order chi connectivity index (χ1) is 6.77. The van der Waals surface area contributed by atoms with Crippen molar-refractivity contribution in [3.05, 3.63) is 29.6 Å². The Kier molecular flexibility index (Phi) is 2.72. The van der Waals surface area contributed by atoms with Gasteiger partial charge in [0.2, 0.25) is 0 Å². The lowest BCUT2D eigenvalue weighted by Crippen LogP contribution is -2.01. The molecule has 0 aromatic carbocycles. The van der Waals surface area contributed by atoms with Gasteiger partial charge >= 0.3 is 0 Å². The number of halogens is 2. The second kappa shape index (κ2) is 4.00. The van der Waals surface area contributed by atoms with Crippen molar-refractivity contribution in [3.8, 4) is 0 Å². The van der Waals surface area contributed by atoms with Gasteiger partial charge in [0.05, 0.1) is 11.8 Å². The first-order valence-corrected chi connectivity index (χ1v) is 4.64. The second-order valence-electron chi connectivity index (χ2n) is 3.29. The van der Waals surface area contributed by atoms with Gasteiger partial charge < -0.3 is 4.74 Å². The van der Waals surface area contributed by atoms with Gasteiger partial charge in [-0.15, -0.1) is 0 Å². The fraction of sp³-hybridized carbons (Fsp3) is 0.500. The monoisotopic (exact) mass is 199 g/mol. The molecule has 0 spiro atoms. The smallest absolute Gasteiger partial charge is 0.280 e. The molecular weight excluding hydrogens is 188 g/mol. The summed E-state index contributed by atoms with van der Waals surface area (Å²) in [7, 11) is 0. The Labute approximate surface area is 80.9 Å². The van der Waals surface area contributed by atoms with Crippen LogP contribution >= 0.6 is 0 Å². The van der Waals surface area contributed by atoms with Gasteiger partial charge in [0.25, 0.3) is 6.43 Å². The summed E-state index contributed by atoms with van der Waals surface area (Å²) >= 11 is 0. The zero-order valence-corrected chi connectivity index (χ0v) is 7.62. The Morgan fingerprint density at radius 1 is 1.43 bits per heavy atom. The third-order valence-corrected chi connectivity index (χ3v) is 2.28. The van der Waals surface area contributed by atoms with Crippen LogP contribution in [0.1, 0.15) is 36.8 Å². The van der Waals surface area contributed by atoms with E-state index >= 15 is 0 Å². The molecule has 1 unspecified atom stereocenters. The maximum absolute atomic E-state index is 12.3. The highest BCUT2D eigenvalue weighted by molar-refractivity contribution is 5.14. The molecule has 76 valence electrons. The number of hydrogen-bond acceptors (Lipinski definition) is 2. The van der Waals surface area contributed by atoms with E-state index < -0.39 is 6.43 Å². The summed E-state index contributed by atoms with van der Waals surface area (Å²) in [5.41, 5.74) is 0.457. The van der Waals surface area contributed by atoms with Crippen LogP contribution in [0, 0.1) is 0 Å². The Morgan fingerprint density at radius 3 is 2.93 bits per heavy atom. The zero-order chi connectivity index (χ0) is 9.97. The molecule has 1 aliphatic heterocycles. The molecule has 4 heteroatoms. The highest BCUT2D eigenvalue weighted by Gasteiger charge is 2.20. The molecule has 0 aliphatic carbocycles. The molecule has 0 saturated carbocycles. The average Bonchev–Trinajstić information content (AvgIpc) is 2.71. The van der Waals surface area contributed by atoms with Gasteiger partial charge in [0.15, 0.2) is 0 Å². The number of rotatable bonds is 2. The number of alkyl halides is 2. The van der Waals surface area contributed by atoms with Crippen molar-refractivity contribution >= 4 is 0 Å². The lowest BCUT2D eigenvalue weighted by Gasteiger charge is -2.09. The Hall–Kier alpha value is -1.03. The fourth-order valence-corrected chi connectivity index (χ4v) is 1.58. The topological polar surface area (TPSA) is 22.1 Å². The average molecular weight is 199 g/mol. The third kappa shape index (κ3) is 1.90. The van der Waals surface area contributed by atoms with Crippen LogP contribution in [0.15, 0.2) is 18.2 Å².